The Hall–Kier alpha value is -1.60. The molecule has 0 saturated carbocycles. The number of nitrogens with two attached hydrogens (primary N) is 2. The molecule has 7 heteroatoms. The van der Waals surface area contributed by atoms with Gasteiger partial charge in [0.1, 0.15) is 5.75 Å². The fraction of sp³-hybridized carbons (Fsp3) is 0.417. The molecule has 0 radical (unpaired) electrons. The first kappa shape index (κ1) is 15.5. The van der Waals surface area contributed by atoms with Crippen LogP contribution in [0.25, 0.3) is 0 Å². The smallest absolute Gasteiger partial charge is 0.255 e. The highest BCUT2D eigenvalue weighted by Crippen LogP contribution is 2.31. The lowest BCUT2D eigenvalue weighted by Gasteiger charge is -2.16. The third-order valence-electron chi connectivity index (χ3n) is 2.61. The molecule has 0 unspecified atom stereocenters. The first-order valence-electron chi connectivity index (χ1n) is 5.71. The van der Waals surface area contributed by atoms with Crippen molar-refractivity contribution >= 4 is 15.9 Å². The molecule has 0 fully saturated rings. The maximum atomic E-state index is 11.5. The van der Waals surface area contributed by atoms with Crippen LogP contribution in [-0.2, 0) is 14.8 Å². The number of primary sulfonamides is 1. The van der Waals surface area contributed by atoms with Crippen molar-refractivity contribution in [2.45, 2.75) is 31.6 Å². The average Bonchev–Trinajstić information content (AvgIpc) is 2.23. The molecule has 0 heterocycles. The quantitative estimate of drug-likeness (QED) is 0.826. The maximum Gasteiger partial charge on any atom is 0.255 e. The van der Waals surface area contributed by atoms with E-state index in [9.17, 15) is 13.2 Å². The van der Waals surface area contributed by atoms with Crippen molar-refractivity contribution in [2.24, 2.45) is 10.9 Å². The Bertz CT molecular complexity index is 594. The van der Waals surface area contributed by atoms with Gasteiger partial charge in [0.05, 0.1) is 4.90 Å². The van der Waals surface area contributed by atoms with Crippen LogP contribution in [0, 0.1) is 6.92 Å². The highest BCUT2D eigenvalue weighted by Gasteiger charge is 2.18. The Labute approximate surface area is 112 Å². The van der Waals surface area contributed by atoms with Crippen LogP contribution in [0.4, 0.5) is 0 Å². The monoisotopic (exact) mass is 286 g/mol. The number of primary amides is 1. The van der Waals surface area contributed by atoms with Gasteiger partial charge in [0.2, 0.25) is 10.0 Å². The summed E-state index contributed by atoms with van der Waals surface area (Å²) in [5.74, 6) is -0.134. The molecular weight excluding hydrogens is 268 g/mol. The van der Waals surface area contributed by atoms with Gasteiger partial charge in [-0.2, -0.15) is 0 Å². The molecule has 4 N–H and O–H groups in total. The number of carbonyl (C=O) groups excluding carboxylic acids is 1. The van der Waals surface area contributed by atoms with Crippen molar-refractivity contribution in [3.05, 3.63) is 23.3 Å². The van der Waals surface area contributed by atoms with Gasteiger partial charge in [-0.15, -0.1) is 0 Å². The molecule has 6 nitrogen and oxygen atoms in total. The second-order valence-corrected chi connectivity index (χ2v) is 6.14. The van der Waals surface area contributed by atoms with E-state index in [4.69, 9.17) is 15.6 Å². The van der Waals surface area contributed by atoms with Gasteiger partial charge in [-0.05, 0) is 36.1 Å². The lowest BCUT2D eigenvalue weighted by Crippen LogP contribution is -2.21. The Morgan fingerprint density at radius 1 is 1.37 bits per heavy atom. The number of hydrogen-bond donors (Lipinski definition) is 2. The minimum Gasteiger partial charge on any atom is -0.483 e. The number of carbonyl (C=O) groups is 1. The van der Waals surface area contributed by atoms with Crippen LogP contribution in [-0.4, -0.2) is 20.9 Å². The summed E-state index contributed by atoms with van der Waals surface area (Å²) in [5, 5.41) is 5.16. The standard InChI is InChI=1S/C12H18N2O4S/c1-7(2)9-5-11(19(14,16)17)8(3)4-10(9)18-6-12(13)15/h4-5,7H,6H2,1-3H3,(H2,13,15)(H2,14,16,17). The number of aryl methyl sites for hydroxylation is 1. The minimum absolute atomic E-state index is 0.0176. The van der Waals surface area contributed by atoms with Crippen molar-refractivity contribution in [2.75, 3.05) is 6.61 Å². The van der Waals surface area contributed by atoms with Crippen LogP contribution >= 0.6 is 0 Å². The topological polar surface area (TPSA) is 112 Å². The zero-order chi connectivity index (χ0) is 14.8. The van der Waals surface area contributed by atoms with Crippen molar-refractivity contribution in [1.82, 2.24) is 0 Å². The van der Waals surface area contributed by atoms with Crippen LogP contribution in [0.1, 0.15) is 30.9 Å². The van der Waals surface area contributed by atoms with Crippen LogP contribution in [0.2, 0.25) is 0 Å². The molecule has 1 aromatic rings. The van der Waals surface area contributed by atoms with Gasteiger partial charge in [0.15, 0.2) is 6.61 Å². The van der Waals surface area contributed by atoms with E-state index in [0.29, 0.717) is 16.9 Å². The molecule has 0 aliphatic heterocycles. The number of amides is 1. The van der Waals surface area contributed by atoms with Crippen LogP contribution < -0.4 is 15.6 Å². The predicted molar refractivity (Wildman–Crippen MR) is 71.3 cm³/mol. The summed E-state index contributed by atoms with van der Waals surface area (Å²) in [6.45, 7) is 5.12. The molecule has 0 atom stereocenters. The van der Waals surface area contributed by atoms with E-state index >= 15 is 0 Å². The fourth-order valence-corrected chi connectivity index (χ4v) is 2.51. The first-order chi connectivity index (χ1) is 8.62. The molecule has 0 aliphatic carbocycles. The second kappa shape index (κ2) is 5.58. The lowest BCUT2D eigenvalue weighted by atomic mass is 10.0. The first-order valence-corrected chi connectivity index (χ1v) is 7.26. The van der Waals surface area contributed by atoms with Gasteiger partial charge in [0, 0.05) is 0 Å². The number of rotatable bonds is 5. The van der Waals surface area contributed by atoms with Crippen molar-refractivity contribution < 1.29 is 17.9 Å². The predicted octanol–water partition coefficient (Wildman–Crippen LogP) is 0.630. The molecule has 19 heavy (non-hydrogen) atoms. The second-order valence-electron chi connectivity index (χ2n) is 4.61. The van der Waals surface area contributed by atoms with Crippen molar-refractivity contribution in [3.8, 4) is 5.75 Å². The van der Waals surface area contributed by atoms with Gasteiger partial charge in [-0.3, -0.25) is 4.79 Å². The fourth-order valence-electron chi connectivity index (χ4n) is 1.71. The molecule has 0 aromatic heterocycles. The zero-order valence-electron chi connectivity index (χ0n) is 11.1. The zero-order valence-corrected chi connectivity index (χ0v) is 12.0. The molecule has 0 aliphatic rings. The number of sulfonamides is 1. The van der Waals surface area contributed by atoms with Crippen LogP contribution in [0.3, 0.4) is 0 Å². The molecule has 0 saturated heterocycles. The summed E-state index contributed by atoms with van der Waals surface area (Å²) >= 11 is 0. The van der Waals surface area contributed by atoms with Crippen molar-refractivity contribution in [1.29, 1.82) is 0 Å². The van der Waals surface area contributed by atoms with E-state index in [2.05, 4.69) is 0 Å². The maximum absolute atomic E-state index is 11.5. The molecule has 1 amide bonds. The Morgan fingerprint density at radius 2 is 1.95 bits per heavy atom. The van der Waals surface area contributed by atoms with E-state index in [-0.39, 0.29) is 17.4 Å². The number of ether oxygens (including phenoxy) is 1. The normalized spacial score (nSPS) is 11.6. The van der Waals surface area contributed by atoms with E-state index in [1.165, 1.54) is 6.07 Å². The highest BCUT2D eigenvalue weighted by atomic mass is 32.2. The van der Waals surface area contributed by atoms with E-state index < -0.39 is 15.9 Å². The summed E-state index contributed by atoms with van der Waals surface area (Å²) in [6.07, 6.45) is 0. The largest absolute Gasteiger partial charge is 0.483 e. The summed E-state index contributed by atoms with van der Waals surface area (Å²) in [4.78, 5) is 10.8. The van der Waals surface area contributed by atoms with Gasteiger partial charge in [-0.25, -0.2) is 13.6 Å². The van der Waals surface area contributed by atoms with E-state index in [0.717, 1.165) is 0 Å². The average molecular weight is 286 g/mol. The lowest BCUT2D eigenvalue weighted by molar-refractivity contribution is -0.119. The van der Waals surface area contributed by atoms with Crippen LogP contribution in [0.15, 0.2) is 17.0 Å². The molecule has 0 bridgehead atoms. The highest BCUT2D eigenvalue weighted by molar-refractivity contribution is 7.89. The molecule has 1 aromatic carbocycles. The Kier molecular flexibility index (Phi) is 4.54. The molecule has 106 valence electrons. The Morgan fingerprint density at radius 3 is 2.37 bits per heavy atom. The van der Waals surface area contributed by atoms with Gasteiger partial charge < -0.3 is 10.5 Å². The van der Waals surface area contributed by atoms with E-state index in [1.807, 2.05) is 13.8 Å². The van der Waals surface area contributed by atoms with E-state index in [1.54, 1.807) is 13.0 Å². The summed E-state index contributed by atoms with van der Waals surface area (Å²) in [7, 11) is -3.78. The SMILES string of the molecule is Cc1cc(OCC(N)=O)c(C(C)C)cc1S(N)(=O)=O. The molecule has 0 spiro atoms. The summed E-state index contributed by atoms with van der Waals surface area (Å²) in [5.41, 5.74) is 6.15. The minimum atomic E-state index is -3.78. The number of benzene rings is 1. The van der Waals surface area contributed by atoms with Gasteiger partial charge >= 0.3 is 0 Å². The van der Waals surface area contributed by atoms with Crippen molar-refractivity contribution in [3.63, 3.8) is 0 Å². The summed E-state index contributed by atoms with van der Waals surface area (Å²) < 4.78 is 28.2. The third kappa shape index (κ3) is 3.93. The molecular formula is C12H18N2O4S. The number of hydrogen-bond acceptors (Lipinski definition) is 4. The molecule has 1 rings (SSSR count). The van der Waals surface area contributed by atoms with Crippen LogP contribution in [0.5, 0.6) is 5.75 Å². The van der Waals surface area contributed by atoms with Gasteiger partial charge in [-0.1, -0.05) is 13.8 Å². The third-order valence-corrected chi connectivity index (χ3v) is 3.66. The summed E-state index contributed by atoms with van der Waals surface area (Å²) in [6, 6.07) is 3.03. The Balaban J connectivity index is 3.33. The van der Waals surface area contributed by atoms with Gasteiger partial charge in [0.25, 0.3) is 5.91 Å².